The minimum Gasteiger partial charge on any atom is -0.354 e. The van der Waals surface area contributed by atoms with E-state index < -0.39 is 0 Å². The lowest BCUT2D eigenvalue weighted by molar-refractivity contribution is 0.598. The Balaban J connectivity index is 1.89. The number of nitrogens with two attached hydrogens (primary N) is 1. The molecule has 0 aliphatic carbocycles. The SMILES string of the molecule is Cc1cc(C)cc(-c2[nH]c3ccc(C(C)(C)c4nc(C)c[nH]4)cc3c2CCN)c1. The first kappa shape index (κ1) is 19.5. The minimum atomic E-state index is -0.209. The fraction of sp³-hybridized carbons (Fsp3) is 0.320. The highest BCUT2D eigenvalue weighted by molar-refractivity contribution is 5.91. The van der Waals surface area contributed by atoms with Crippen LogP contribution in [0.1, 0.15) is 47.6 Å². The summed E-state index contributed by atoms with van der Waals surface area (Å²) in [7, 11) is 0. The van der Waals surface area contributed by atoms with Crippen LogP contribution in [-0.2, 0) is 11.8 Å². The van der Waals surface area contributed by atoms with Crippen molar-refractivity contribution < 1.29 is 0 Å². The Morgan fingerprint density at radius 3 is 2.34 bits per heavy atom. The van der Waals surface area contributed by atoms with Gasteiger partial charge in [0.05, 0.1) is 5.69 Å². The van der Waals surface area contributed by atoms with Gasteiger partial charge in [-0.15, -0.1) is 0 Å². The number of benzene rings is 2. The molecule has 2 aromatic carbocycles. The van der Waals surface area contributed by atoms with Crippen molar-refractivity contribution >= 4 is 10.9 Å². The quantitative estimate of drug-likeness (QED) is 0.435. The van der Waals surface area contributed by atoms with Gasteiger partial charge in [0.1, 0.15) is 5.82 Å². The van der Waals surface area contributed by atoms with Crippen molar-refractivity contribution in [2.75, 3.05) is 6.54 Å². The summed E-state index contributed by atoms with van der Waals surface area (Å²) in [5.41, 5.74) is 15.4. The van der Waals surface area contributed by atoms with Gasteiger partial charge in [-0.05, 0) is 88.5 Å². The fourth-order valence-corrected chi connectivity index (χ4v) is 4.28. The second-order valence-electron chi connectivity index (χ2n) is 8.67. The number of aromatic amines is 2. The van der Waals surface area contributed by atoms with Gasteiger partial charge in [-0.25, -0.2) is 4.98 Å². The molecule has 0 aliphatic heterocycles. The molecule has 150 valence electrons. The van der Waals surface area contributed by atoms with E-state index in [1.54, 1.807) is 0 Å². The smallest absolute Gasteiger partial charge is 0.116 e. The second-order valence-corrected chi connectivity index (χ2v) is 8.67. The molecular formula is C25H30N4. The van der Waals surface area contributed by atoms with Gasteiger partial charge in [0, 0.05) is 28.2 Å². The molecule has 0 spiro atoms. The highest BCUT2D eigenvalue weighted by atomic mass is 14.9. The van der Waals surface area contributed by atoms with Gasteiger partial charge in [0.25, 0.3) is 0 Å². The number of aromatic nitrogens is 3. The number of H-pyrrole nitrogens is 2. The molecule has 2 aromatic heterocycles. The molecule has 0 saturated carbocycles. The van der Waals surface area contributed by atoms with Gasteiger partial charge in [0.2, 0.25) is 0 Å². The molecule has 0 bridgehead atoms. The number of nitrogens with zero attached hydrogens (tertiary/aromatic N) is 1. The molecular weight excluding hydrogens is 356 g/mol. The predicted molar refractivity (Wildman–Crippen MR) is 121 cm³/mol. The summed E-state index contributed by atoms with van der Waals surface area (Å²) in [5.74, 6) is 0.986. The number of rotatable bonds is 5. The van der Waals surface area contributed by atoms with E-state index in [-0.39, 0.29) is 5.41 Å². The number of hydrogen-bond donors (Lipinski definition) is 3. The molecule has 0 atom stereocenters. The Bertz CT molecular complexity index is 1160. The Morgan fingerprint density at radius 2 is 1.72 bits per heavy atom. The summed E-state index contributed by atoms with van der Waals surface area (Å²) >= 11 is 0. The Labute approximate surface area is 172 Å². The van der Waals surface area contributed by atoms with Crippen molar-refractivity contribution in [2.24, 2.45) is 5.73 Å². The molecule has 0 fully saturated rings. The lowest BCUT2D eigenvalue weighted by atomic mass is 9.83. The van der Waals surface area contributed by atoms with Crippen molar-refractivity contribution in [3.8, 4) is 11.3 Å². The summed E-state index contributed by atoms with van der Waals surface area (Å²) in [6, 6.07) is 13.4. The third-order valence-corrected chi connectivity index (χ3v) is 5.83. The highest BCUT2D eigenvalue weighted by Gasteiger charge is 2.27. The first-order valence-corrected chi connectivity index (χ1v) is 10.3. The molecule has 0 radical (unpaired) electrons. The van der Waals surface area contributed by atoms with Gasteiger partial charge < -0.3 is 15.7 Å². The van der Waals surface area contributed by atoms with Gasteiger partial charge in [-0.2, -0.15) is 0 Å². The lowest BCUT2D eigenvalue weighted by Gasteiger charge is -2.23. The molecule has 4 rings (SSSR count). The van der Waals surface area contributed by atoms with Crippen LogP contribution < -0.4 is 5.73 Å². The summed E-state index contributed by atoms with van der Waals surface area (Å²) in [4.78, 5) is 11.7. The van der Waals surface area contributed by atoms with E-state index in [0.29, 0.717) is 6.54 Å². The van der Waals surface area contributed by atoms with Crippen molar-refractivity contribution in [3.63, 3.8) is 0 Å². The molecule has 29 heavy (non-hydrogen) atoms. The normalized spacial score (nSPS) is 12.1. The molecule has 4 nitrogen and oxygen atoms in total. The zero-order chi connectivity index (χ0) is 20.8. The van der Waals surface area contributed by atoms with E-state index in [9.17, 15) is 0 Å². The summed E-state index contributed by atoms with van der Waals surface area (Å²) < 4.78 is 0. The van der Waals surface area contributed by atoms with Gasteiger partial charge >= 0.3 is 0 Å². The molecule has 0 aliphatic rings. The van der Waals surface area contributed by atoms with Crippen molar-refractivity contribution in [3.05, 3.63) is 76.4 Å². The predicted octanol–water partition coefficient (Wildman–Crippen LogP) is 5.31. The lowest BCUT2D eigenvalue weighted by Crippen LogP contribution is -2.20. The Kier molecular flexibility index (Phi) is 4.83. The molecule has 4 aromatic rings. The van der Waals surface area contributed by atoms with Crippen molar-refractivity contribution in [1.82, 2.24) is 15.0 Å². The summed E-state index contributed by atoms with van der Waals surface area (Å²) in [6.07, 6.45) is 2.80. The third kappa shape index (κ3) is 3.49. The molecule has 0 amide bonds. The van der Waals surface area contributed by atoms with Gasteiger partial charge in [-0.1, -0.05) is 23.3 Å². The van der Waals surface area contributed by atoms with Crippen LogP contribution in [0.25, 0.3) is 22.2 Å². The van der Waals surface area contributed by atoms with Crippen LogP contribution in [0.15, 0.2) is 42.6 Å². The molecule has 2 heterocycles. The van der Waals surface area contributed by atoms with Crippen LogP contribution in [0.4, 0.5) is 0 Å². The van der Waals surface area contributed by atoms with Gasteiger partial charge in [-0.3, -0.25) is 0 Å². The largest absolute Gasteiger partial charge is 0.354 e. The van der Waals surface area contributed by atoms with E-state index in [4.69, 9.17) is 5.73 Å². The number of aryl methyl sites for hydroxylation is 3. The minimum absolute atomic E-state index is 0.209. The van der Waals surface area contributed by atoms with Crippen LogP contribution in [-0.4, -0.2) is 21.5 Å². The van der Waals surface area contributed by atoms with Gasteiger partial charge in [0.15, 0.2) is 0 Å². The van der Waals surface area contributed by atoms with E-state index in [1.807, 2.05) is 13.1 Å². The van der Waals surface area contributed by atoms with Crippen LogP contribution >= 0.6 is 0 Å². The fourth-order valence-electron chi connectivity index (χ4n) is 4.28. The highest BCUT2D eigenvalue weighted by Crippen LogP contribution is 2.36. The van der Waals surface area contributed by atoms with E-state index in [2.05, 4.69) is 79.0 Å². The maximum atomic E-state index is 6.01. The number of nitrogens with one attached hydrogen (secondary N) is 2. The third-order valence-electron chi connectivity index (χ3n) is 5.83. The van der Waals surface area contributed by atoms with E-state index >= 15 is 0 Å². The summed E-state index contributed by atoms with van der Waals surface area (Å²) in [5, 5.41) is 1.25. The summed E-state index contributed by atoms with van der Waals surface area (Å²) in [6.45, 7) is 11.4. The van der Waals surface area contributed by atoms with Crippen LogP contribution in [0.3, 0.4) is 0 Å². The Hall–Kier alpha value is -2.85. The van der Waals surface area contributed by atoms with Crippen molar-refractivity contribution in [1.29, 1.82) is 0 Å². The van der Waals surface area contributed by atoms with Crippen LogP contribution in [0.2, 0.25) is 0 Å². The first-order valence-electron chi connectivity index (χ1n) is 10.3. The van der Waals surface area contributed by atoms with E-state index in [1.165, 1.54) is 38.9 Å². The average molecular weight is 387 g/mol. The Morgan fingerprint density at radius 1 is 1.00 bits per heavy atom. The number of hydrogen-bond acceptors (Lipinski definition) is 2. The maximum Gasteiger partial charge on any atom is 0.116 e. The zero-order valence-corrected chi connectivity index (χ0v) is 18.0. The average Bonchev–Trinajstić information content (AvgIpc) is 3.25. The molecule has 0 unspecified atom stereocenters. The topological polar surface area (TPSA) is 70.5 Å². The van der Waals surface area contributed by atoms with Crippen LogP contribution in [0, 0.1) is 20.8 Å². The second kappa shape index (κ2) is 7.20. The molecule has 4 heteroatoms. The van der Waals surface area contributed by atoms with Crippen molar-refractivity contribution in [2.45, 2.75) is 46.5 Å². The monoisotopic (exact) mass is 386 g/mol. The number of imidazole rings is 1. The zero-order valence-electron chi connectivity index (χ0n) is 18.0. The van der Waals surface area contributed by atoms with Crippen LogP contribution in [0.5, 0.6) is 0 Å². The molecule has 4 N–H and O–H groups in total. The first-order chi connectivity index (χ1) is 13.8. The maximum absolute atomic E-state index is 6.01. The van der Waals surface area contributed by atoms with E-state index in [0.717, 1.165) is 23.5 Å². The number of fused-ring (bicyclic) bond motifs is 1. The molecule has 0 saturated heterocycles. The standard InChI is InChI=1S/C25H30N4/c1-15-10-16(2)12-18(11-15)23-20(8-9-26)21-13-19(6-7-22(21)29-23)25(4,5)24-27-14-17(3)28-24/h6-7,10-14,29H,8-9,26H2,1-5H3,(H,27,28).